The number of carbonyl (C=O) groups is 2. The zero-order chi connectivity index (χ0) is 16.9. The number of carboxylic acids is 1. The lowest BCUT2D eigenvalue weighted by molar-refractivity contribution is -0.149. The van der Waals surface area contributed by atoms with Crippen LogP contribution in [0.3, 0.4) is 0 Å². The van der Waals surface area contributed by atoms with Crippen LogP contribution in [0.4, 0.5) is 4.39 Å². The van der Waals surface area contributed by atoms with Crippen molar-refractivity contribution in [3.05, 3.63) is 41.8 Å². The first kappa shape index (κ1) is 15.1. The van der Waals surface area contributed by atoms with Gasteiger partial charge in [-0.3, -0.25) is 14.6 Å². The maximum Gasteiger partial charge on any atom is 0.311 e. The number of carbonyl (C=O) groups excluding carboxylic acids is 1. The van der Waals surface area contributed by atoms with Crippen molar-refractivity contribution in [2.24, 2.45) is 11.3 Å². The number of carboxylic acid groups (broad SMARTS) is 1. The van der Waals surface area contributed by atoms with E-state index in [1.807, 2.05) is 0 Å². The first-order valence-electron chi connectivity index (χ1n) is 8.08. The summed E-state index contributed by atoms with van der Waals surface area (Å²) in [6.07, 6.45) is 3.86. The maximum atomic E-state index is 13.9. The van der Waals surface area contributed by atoms with Gasteiger partial charge in [0.15, 0.2) is 0 Å². The van der Waals surface area contributed by atoms with Gasteiger partial charge in [0.05, 0.1) is 16.5 Å². The highest BCUT2D eigenvalue weighted by atomic mass is 19.1. The molecule has 0 unspecified atom stereocenters. The molecular formula is C18H17FN2O3. The number of likely N-dealkylation sites (tertiary alicyclic amines) is 1. The number of amides is 1. The fraction of sp³-hybridized carbons (Fsp3) is 0.389. The molecule has 5 nitrogen and oxygen atoms in total. The molecule has 1 saturated carbocycles. The summed E-state index contributed by atoms with van der Waals surface area (Å²) in [5.41, 5.74) is -0.192. The Bertz CT molecular complexity index is 853. The smallest absolute Gasteiger partial charge is 0.311 e. The van der Waals surface area contributed by atoms with Gasteiger partial charge >= 0.3 is 5.97 Å². The molecule has 1 amide bonds. The molecule has 0 spiro atoms. The monoisotopic (exact) mass is 328 g/mol. The van der Waals surface area contributed by atoms with E-state index in [9.17, 15) is 19.1 Å². The van der Waals surface area contributed by atoms with Gasteiger partial charge in [-0.15, -0.1) is 0 Å². The van der Waals surface area contributed by atoms with E-state index in [1.165, 1.54) is 12.1 Å². The minimum absolute atomic E-state index is 0.0215. The van der Waals surface area contributed by atoms with Gasteiger partial charge in [-0.2, -0.15) is 0 Å². The summed E-state index contributed by atoms with van der Waals surface area (Å²) in [6.45, 7) is 0.604. The van der Waals surface area contributed by atoms with Gasteiger partial charge in [-0.25, -0.2) is 4.39 Å². The summed E-state index contributed by atoms with van der Waals surface area (Å²) < 4.78 is 13.9. The third kappa shape index (κ3) is 2.09. The summed E-state index contributed by atoms with van der Waals surface area (Å²) in [7, 11) is 0. The number of hydrogen-bond acceptors (Lipinski definition) is 3. The molecule has 6 heteroatoms. The second-order valence-electron chi connectivity index (χ2n) is 6.76. The van der Waals surface area contributed by atoms with Crippen molar-refractivity contribution in [3.8, 4) is 0 Å². The Labute approximate surface area is 138 Å². The molecular weight excluding hydrogens is 311 g/mol. The summed E-state index contributed by atoms with van der Waals surface area (Å²) in [6, 6.07) is 5.94. The van der Waals surface area contributed by atoms with Gasteiger partial charge in [-0.05, 0) is 37.0 Å². The third-order valence-corrected chi connectivity index (χ3v) is 5.48. The fourth-order valence-corrected chi connectivity index (χ4v) is 4.28. The van der Waals surface area contributed by atoms with Crippen molar-refractivity contribution in [1.29, 1.82) is 0 Å². The Hall–Kier alpha value is -2.50. The van der Waals surface area contributed by atoms with Crippen LogP contribution in [-0.2, 0) is 4.79 Å². The lowest BCUT2D eigenvalue weighted by Gasteiger charge is -2.23. The predicted octanol–water partition coefficient (Wildman–Crippen LogP) is 2.70. The predicted molar refractivity (Wildman–Crippen MR) is 85.0 cm³/mol. The van der Waals surface area contributed by atoms with Crippen LogP contribution >= 0.6 is 0 Å². The SMILES string of the molecule is O=C(c1cc(F)cc2cccnc12)N1C[C@@H]2CCC[C@@]2(C(=O)O)C1. The van der Waals surface area contributed by atoms with Crippen molar-refractivity contribution in [1.82, 2.24) is 9.88 Å². The summed E-state index contributed by atoms with van der Waals surface area (Å²) in [5, 5.41) is 10.2. The standard InChI is InChI=1S/C18H17FN2O3/c19-13-7-11-3-2-6-20-15(11)14(8-13)16(22)21-9-12-4-1-5-18(12,10-21)17(23)24/h2-3,6-8,12H,1,4-5,9-10H2,(H,23,24)/t12-,18+/m0/s1. The van der Waals surface area contributed by atoms with Gasteiger partial charge in [0.2, 0.25) is 0 Å². The van der Waals surface area contributed by atoms with E-state index in [1.54, 1.807) is 23.2 Å². The number of halogens is 1. The Morgan fingerprint density at radius 1 is 1.38 bits per heavy atom. The van der Waals surface area contributed by atoms with E-state index < -0.39 is 17.2 Å². The van der Waals surface area contributed by atoms with Gasteiger partial charge in [0, 0.05) is 24.7 Å². The lowest BCUT2D eigenvalue weighted by atomic mass is 9.81. The molecule has 2 heterocycles. The van der Waals surface area contributed by atoms with E-state index in [4.69, 9.17) is 0 Å². The first-order chi connectivity index (χ1) is 11.5. The summed E-state index contributed by atoms with van der Waals surface area (Å²) >= 11 is 0. The summed E-state index contributed by atoms with van der Waals surface area (Å²) in [5.74, 6) is -1.69. The number of pyridine rings is 1. The number of benzene rings is 1. The van der Waals surface area contributed by atoms with Crippen LogP contribution in [0.1, 0.15) is 29.6 Å². The number of fused-ring (bicyclic) bond motifs is 2. The quantitative estimate of drug-likeness (QED) is 0.920. The number of nitrogens with zero attached hydrogens (tertiary/aromatic N) is 2. The van der Waals surface area contributed by atoms with Crippen LogP contribution in [0.15, 0.2) is 30.5 Å². The first-order valence-corrected chi connectivity index (χ1v) is 8.08. The minimum atomic E-state index is -0.841. The molecule has 124 valence electrons. The molecule has 1 aromatic carbocycles. The highest BCUT2D eigenvalue weighted by molar-refractivity contribution is 6.05. The molecule has 1 aliphatic heterocycles. The zero-order valence-corrected chi connectivity index (χ0v) is 13.0. The highest BCUT2D eigenvalue weighted by Crippen LogP contribution is 2.49. The van der Waals surface area contributed by atoms with Crippen molar-refractivity contribution in [2.75, 3.05) is 13.1 Å². The van der Waals surface area contributed by atoms with Crippen molar-refractivity contribution in [2.45, 2.75) is 19.3 Å². The maximum absolute atomic E-state index is 13.9. The molecule has 1 aliphatic carbocycles. The molecule has 1 aromatic heterocycles. The van der Waals surface area contributed by atoms with Crippen LogP contribution in [0, 0.1) is 17.2 Å². The van der Waals surface area contributed by atoms with E-state index in [0.717, 1.165) is 12.8 Å². The second kappa shape index (κ2) is 5.26. The van der Waals surface area contributed by atoms with Crippen LogP contribution in [0.5, 0.6) is 0 Å². The zero-order valence-electron chi connectivity index (χ0n) is 13.0. The number of aliphatic carboxylic acids is 1. The van der Waals surface area contributed by atoms with Crippen molar-refractivity contribution >= 4 is 22.8 Å². The van der Waals surface area contributed by atoms with Crippen LogP contribution in [-0.4, -0.2) is 40.0 Å². The topological polar surface area (TPSA) is 70.5 Å². The van der Waals surface area contributed by atoms with Gasteiger partial charge < -0.3 is 10.0 Å². The normalized spacial score (nSPS) is 25.9. The fourth-order valence-electron chi connectivity index (χ4n) is 4.28. The van der Waals surface area contributed by atoms with E-state index in [2.05, 4.69) is 4.98 Å². The average Bonchev–Trinajstić information content (AvgIpc) is 3.11. The molecule has 2 fully saturated rings. The van der Waals surface area contributed by atoms with E-state index in [-0.39, 0.29) is 23.9 Å². The molecule has 0 bridgehead atoms. The van der Waals surface area contributed by atoms with E-state index >= 15 is 0 Å². The van der Waals surface area contributed by atoms with Crippen LogP contribution in [0.25, 0.3) is 10.9 Å². The molecule has 4 rings (SSSR count). The lowest BCUT2D eigenvalue weighted by Crippen LogP contribution is -2.37. The van der Waals surface area contributed by atoms with Crippen LogP contribution in [0.2, 0.25) is 0 Å². The Kier molecular flexibility index (Phi) is 3.30. The Morgan fingerprint density at radius 2 is 2.21 bits per heavy atom. The number of rotatable bonds is 2. The van der Waals surface area contributed by atoms with E-state index in [0.29, 0.717) is 23.9 Å². The van der Waals surface area contributed by atoms with Gasteiger partial charge in [0.25, 0.3) is 5.91 Å². The second-order valence-corrected chi connectivity index (χ2v) is 6.76. The molecule has 24 heavy (non-hydrogen) atoms. The largest absolute Gasteiger partial charge is 0.481 e. The molecule has 2 aliphatic rings. The molecule has 1 saturated heterocycles. The average molecular weight is 328 g/mol. The van der Waals surface area contributed by atoms with Crippen molar-refractivity contribution < 1.29 is 19.1 Å². The number of hydrogen-bond donors (Lipinski definition) is 1. The minimum Gasteiger partial charge on any atom is -0.481 e. The van der Waals surface area contributed by atoms with Crippen LogP contribution < -0.4 is 0 Å². The number of aromatic nitrogens is 1. The molecule has 2 atom stereocenters. The highest BCUT2D eigenvalue weighted by Gasteiger charge is 2.55. The summed E-state index contributed by atoms with van der Waals surface area (Å²) in [4.78, 5) is 30.5. The van der Waals surface area contributed by atoms with Gasteiger partial charge in [0.1, 0.15) is 5.82 Å². The molecule has 1 N–H and O–H groups in total. The third-order valence-electron chi connectivity index (χ3n) is 5.48. The van der Waals surface area contributed by atoms with Crippen molar-refractivity contribution in [3.63, 3.8) is 0 Å². The Morgan fingerprint density at radius 3 is 2.96 bits per heavy atom. The molecule has 0 radical (unpaired) electrons. The Balaban J connectivity index is 1.72. The van der Waals surface area contributed by atoms with Gasteiger partial charge in [-0.1, -0.05) is 12.5 Å². The molecule has 2 aromatic rings.